The monoisotopic (exact) mass is 355 g/mol. The van der Waals surface area contributed by atoms with Gasteiger partial charge in [-0.3, -0.25) is 0 Å². The summed E-state index contributed by atoms with van der Waals surface area (Å²) in [6.45, 7) is 6.57. The van der Waals surface area contributed by atoms with Gasteiger partial charge in [0.1, 0.15) is 6.61 Å². The van der Waals surface area contributed by atoms with Crippen molar-refractivity contribution in [2.45, 2.75) is 77.8 Å². The summed E-state index contributed by atoms with van der Waals surface area (Å²) < 4.78 is 17.0. The lowest BCUT2D eigenvalue weighted by Gasteiger charge is -2.26. The predicted molar refractivity (Wildman–Crippen MR) is 89.8 cm³/mol. The zero-order chi connectivity index (χ0) is 18.1. The standard InChI is InChI=1S/C16H29N5O4/c1-4-24-16(22)25-13(3)21-15(18-19-20-21)11-23-10-12(2)17-14-8-6-5-7-9-14/h12-14,17H,4-11H2,1-3H3/t12-,13-/m0/s1. The highest BCUT2D eigenvalue weighted by atomic mass is 16.7. The van der Waals surface area contributed by atoms with Crippen molar-refractivity contribution in [3.05, 3.63) is 5.82 Å². The second-order valence-corrected chi connectivity index (χ2v) is 6.36. The number of ether oxygens (including phenoxy) is 3. The van der Waals surface area contributed by atoms with Gasteiger partial charge in [-0.05, 0) is 44.0 Å². The van der Waals surface area contributed by atoms with E-state index >= 15 is 0 Å². The summed E-state index contributed by atoms with van der Waals surface area (Å²) in [5.74, 6) is 0.502. The molecule has 0 radical (unpaired) electrons. The maximum Gasteiger partial charge on any atom is 0.510 e. The summed E-state index contributed by atoms with van der Waals surface area (Å²) in [6.07, 6.45) is 5.03. The lowest BCUT2D eigenvalue weighted by atomic mass is 9.95. The van der Waals surface area contributed by atoms with Gasteiger partial charge in [-0.25, -0.2) is 4.79 Å². The van der Waals surface area contributed by atoms with Crippen LogP contribution in [0.5, 0.6) is 0 Å². The third-order valence-corrected chi connectivity index (χ3v) is 4.16. The first kappa shape index (κ1) is 19.6. The first-order valence-electron chi connectivity index (χ1n) is 9.04. The predicted octanol–water partition coefficient (Wildman–Crippen LogP) is 2.19. The molecule has 2 rings (SSSR count). The van der Waals surface area contributed by atoms with Gasteiger partial charge in [-0.15, -0.1) is 5.10 Å². The molecule has 1 aromatic heterocycles. The van der Waals surface area contributed by atoms with E-state index in [1.807, 2.05) is 0 Å². The van der Waals surface area contributed by atoms with Crippen LogP contribution in [0.25, 0.3) is 0 Å². The Bertz CT molecular complexity index is 518. The minimum atomic E-state index is -0.748. The highest BCUT2D eigenvalue weighted by Crippen LogP contribution is 2.18. The van der Waals surface area contributed by atoms with Crippen LogP contribution in [0.4, 0.5) is 4.79 Å². The Kier molecular flexibility index (Phi) is 8.07. The zero-order valence-corrected chi connectivity index (χ0v) is 15.3. The summed E-state index contributed by atoms with van der Waals surface area (Å²) in [4.78, 5) is 11.4. The second kappa shape index (κ2) is 10.3. The van der Waals surface area contributed by atoms with E-state index in [2.05, 4.69) is 27.8 Å². The summed E-state index contributed by atoms with van der Waals surface area (Å²) >= 11 is 0. The first-order chi connectivity index (χ1) is 12.1. The third kappa shape index (κ3) is 6.58. The van der Waals surface area contributed by atoms with Gasteiger partial charge in [0.2, 0.25) is 0 Å². The van der Waals surface area contributed by atoms with Gasteiger partial charge in [0.05, 0.1) is 13.2 Å². The first-order valence-corrected chi connectivity index (χ1v) is 9.04. The van der Waals surface area contributed by atoms with Gasteiger partial charge in [0.15, 0.2) is 12.1 Å². The fourth-order valence-electron chi connectivity index (χ4n) is 2.98. The van der Waals surface area contributed by atoms with Crippen molar-refractivity contribution >= 4 is 6.16 Å². The van der Waals surface area contributed by atoms with Crippen molar-refractivity contribution in [2.24, 2.45) is 0 Å². The van der Waals surface area contributed by atoms with Crippen LogP contribution in [0.1, 0.15) is 64.9 Å². The molecule has 0 amide bonds. The van der Waals surface area contributed by atoms with Crippen molar-refractivity contribution in [1.82, 2.24) is 25.5 Å². The van der Waals surface area contributed by atoms with Crippen LogP contribution in [0.2, 0.25) is 0 Å². The van der Waals surface area contributed by atoms with Crippen LogP contribution in [0.3, 0.4) is 0 Å². The number of rotatable bonds is 9. The molecule has 1 aliphatic carbocycles. The Labute approximate surface area is 148 Å². The fraction of sp³-hybridized carbons (Fsp3) is 0.875. The average Bonchev–Trinajstić information content (AvgIpc) is 3.04. The van der Waals surface area contributed by atoms with Crippen LogP contribution in [-0.2, 0) is 20.8 Å². The molecule has 2 atom stereocenters. The normalized spacial score (nSPS) is 17.9. The van der Waals surface area contributed by atoms with E-state index in [-0.39, 0.29) is 19.3 Å². The van der Waals surface area contributed by atoms with Crippen LogP contribution < -0.4 is 5.32 Å². The average molecular weight is 355 g/mol. The minimum Gasteiger partial charge on any atom is -0.435 e. The van der Waals surface area contributed by atoms with Crippen LogP contribution in [-0.4, -0.2) is 51.7 Å². The maximum absolute atomic E-state index is 11.4. The van der Waals surface area contributed by atoms with E-state index in [0.717, 1.165) is 0 Å². The Balaban J connectivity index is 1.73. The molecule has 0 spiro atoms. The zero-order valence-electron chi connectivity index (χ0n) is 15.3. The van der Waals surface area contributed by atoms with E-state index in [1.165, 1.54) is 36.8 Å². The van der Waals surface area contributed by atoms with Crippen molar-refractivity contribution < 1.29 is 19.0 Å². The molecule has 1 aromatic rings. The summed E-state index contributed by atoms with van der Waals surface area (Å²) in [7, 11) is 0. The Morgan fingerprint density at radius 1 is 1.32 bits per heavy atom. The van der Waals surface area contributed by atoms with Crippen molar-refractivity contribution in [3.63, 3.8) is 0 Å². The summed E-state index contributed by atoms with van der Waals surface area (Å²) in [6, 6.07) is 0.858. The minimum absolute atomic E-state index is 0.250. The molecule has 1 N–H and O–H groups in total. The largest absolute Gasteiger partial charge is 0.510 e. The quantitative estimate of drug-likeness (QED) is 0.673. The molecule has 1 heterocycles. The van der Waals surface area contributed by atoms with Gasteiger partial charge in [-0.1, -0.05) is 19.3 Å². The van der Waals surface area contributed by atoms with Crippen LogP contribution >= 0.6 is 0 Å². The molecule has 0 saturated heterocycles. The molecule has 25 heavy (non-hydrogen) atoms. The lowest BCUT2D eigenvalue weighted by molar-refractivity contribution is -0.00388. The number of tetrazole rings is 1. The van der Waals surface area contributed by atoms with Crippen molar-refractivity contribution in [3.8, 4) is 0 Å². The SMILES string of the molecule is CCOC(=O)O[C@@H](C)n1nnnc1COC[C@H](C)NC1CCCCC1. The number of hydrogen-bond donors (Lipinski definition) is 1. The van der Waals surface area contributed by atoms with E-state index in [4.69, 9.17) is 14.2 Å². The number of nitrogens with zero attached hydrogens (tertiary/aromatic N) is 4. The smallest absolute Gasteiger partial charge is 0.435 e. The Hall–Kier alpha value is -1.74. The highest BCUT2D eigenvalue weighted by Gasteiger charge is 2.19. The number of aromatic nitrogens is 4. The fourth-order valence-corrected chi connectivity index (χ4v) is 2.98. The number of carbonyl (C=O) groups excluding carboxylic acids is 1. The van der Waals surface area contributed by atoms with Crippen molar-refractivity contribution in [1.29, 1.82) is 0 Å². The van der Waals surface area contributed by atoms with E-state index in [0.29, 0.717) is 18.5 Å². The molecule has 1 saturated carbocycles. The van der Waals surface area contributed by atoms with Gasteiger partial charge in [-0.2, -0.15) is 4.68 Å². The van der Waals surface area contributed by atoms with Gasteiger partial charge in [0, 0.05) is 12.1 Å². The highest BCUT2D eigenvalue weighted by molar-refractivity contribution is 5.59. The molecule has 0 bridgehead atoms. The van der Waals surface area contributed by atoms with Crippen molar-refractivity contribution in [2.75, 3.05) is 13.2 Å². The third-order valence-electron chi connectivity index (χ3n) is 4.16. The molecule has 1 aliphatic rings. The molecule has 9 nitrogen and oxygen atoms in total. The topological polar surface area (TPSA) is 100 Å². The molecular formula is C16H29N5O4. The molecule has 1 fully saturated rings. The molecular weight excluding hydrogens is 326 g/mol. The second-order valence-electron chi connectivity index (χ2n) is 6.36. The lowest BCUT2D eigenvalue weighted by Crippen LogP contribution is -2.40. The Morgan fingerprint density at radius 3 is 2.80 bits per heavy atom. The number of hydrogen-bond acceptors (Lipinski definition) is 8. The molecule has 0 unspecified atom stereocenters. The number of carbonyl (C=O) groups is 1. The van der Waals surface area contributed by atoms with Crippen LogP contribution in [0.15, 0.2) is 0 Å². The van der Waals surface area contributed by atoms with E-state index in [1.54, 1.807) is 13.8 Å². The van der Waals surface area contributed by atoms with E-state index in [9.17, 15) is 4.79 Å². The number of nitrogens with one attached hydrogen (secondary N) is 1. The van der Waals surface area contributed by atoms with E-state index < -0.39 is 12.4 Å². The molecule has 142 valence electrons. The molecule has 0 aliphatic heterocycles. The summed E-state index contributed by atoms with van der Waals surface area (Å²) in [5, 5.41) is 15.0. The van der Waals surface area contributed by atoms with Crippen LogP contribution in [0, 0.1) is 0 Å². The van der Waals surface area contributed by atoms with Gasteiger partial charge >= 0.3 is 6.16 Å². The van der Waals surface area contributed by atoms with Gasteiger partial charge < -0.3 is 19.5 Å². The molecule has 0 aromatic carbocycles. The van der Waals surface area contributed by atoms with Gasteiger partial charge in [0.25, 0.3) is 0 Å². The summed E-state index contributed by atoms with van der Waals surface area (Å²) in [5.41, 5.74) is 0. The molecule has 9 heteroatoms. The Morgan fingerprint density at radius 2 is 2.08 bits per heavy atom. The maximum atomic E-state index is 11.4.